The van der Waals surface area contributed by atoms with E-state index < -0.39 is 5.91 Å². The van der Waals surface area contributed by atoms with Crippen molar-refractivity contribution in [3.05, 3.63) is 89.2 Å². The van der Waals surface area contributed by atoms with Crippen LogP contribution >= 0.6 is 11.6 Å². The van der Waals surface area contributed by atoms with Gasteiger partial charge in [0.15, 0.2) is 5.82 Å². The van der Waals surface area contributed by atoms with Gasteiger partial charge in [0.05, 0.1) is 12.8 Å². The molecule has 1 aromatic heterocycles. The van der Waals surface area contributed by atoms with E-state index >= 15 is 0 Å². The van der Waals surface area contributed by atoms with Crippen LogP contribution in [0, 0.1) is 6.92 Å². The molecule has 0 atom stereocenters. The number of hydrogen-bond donors (Lipinski definition) is 1. The molecule has 1 amide bonds. The molecule has 0 fully saturated rings. The predicted molar refractivity (Wildman–Crippen MR) is 117 cm³/mol. The van der Waals surface area contributed by atoms with Gasteiger partial charge in [0.2, 0.25) is 5.82 Å². The van der Waals surface area contributed by atoms with Crippen LogP contribution in [-0.2, 0) is 0 Å². The van der Waals surface area contributed by atoms with E-state index in [0.29, 0.717) is 22.3 Å². The zero-order valence-electron chi connectivity index (χ0n) is 16.5. The molecule has 6 nitrogen and oxygen atoms in total. The van der Waals surface area contributed by atoms with Crippen molar-refractivity contribution in [2.24, 2.45) is 0 Å². The second-order valence-corrected chi connectivity index (χ2v) is 7.14. The molecule has 0 aliphatic rings. The largest absolute Gasteiger partial charge is 0.497 e. The Morgan fingerprint density at radius 2 is 1.77 bits per heavy atom. The Kier molecular flexibility index (Phi) is 5.50. The maximum absolute atomic E-state index is 12.8. The number of aromatic nitrogens is 3. The number of rotatable bonds is 5. The van der Waals surface area contributed by atoms with Gasteiger partial charge in [-0.1, -0.05) is 35.4 Å². The smallest absolute Gasteiger partial charge is 0.295 e. The van der Waals surface area contributed by atoms with Crippen LogP contribution < -0.4 is 10.1 Å². The summed E-state index contributed by atoms with van der Waals surface area (Å²) in [6.45, 7) is 2.01. The zero-order chi connectivity index (χ0) is 21.1. The molecule has 0 bridgehead atoms. The van der Waals surface area contributed by atoms with Crippen molar-refractivity contribution in [3.8, 4) is 22.8 Å². The lowest BCUT2D eigenvalue weighted by atomic mass is 10.2. The average molecular weight is 419 g/mol. The van der Waals surface area contributed by atoms with Crippen molar-refractivity contribution in [2.75, 3.05) is 12.4 Å². The normalized spacial score (nSPS) is 10.6. The van der Waals surface area contributed by atoms with Crippen LogP contribution in [0.15, 0.2) is 72.8 Å². The van der Waals surface area contributed by atoms with Crippen molar-refractivity contribution in [1.29, 1.82) is 0 Å². The minimum atomic E-state index is -0.413. The van der Waals surface area contributed by atoms with E-state index in [2.05, 4.69) is 15.4 Å². The van der Waals surface area contributed by atoms with Crippen molar-refractivity contribution in [2.45, 2.75) is 6.92 Å². The first-order valence-electron chi connectivity index (χ1n) is 9.29. The zero-order valence-corrected chi connectivity index (χ0v) is 17.2. The molecule has 30 heavy (non-hydrogen) atoms. The molecule has 0 saturated carbocycles. The van der Waals surface area contributed by atoms with Gasteiger partial charge in [-0.15, -0.1) is 5.10 Å². The summed E-state index contributed by atoms with van der Waals surface area (Å²) in [6.07, 6.45) is 0. The number of nitrogens with zero attached hydrogens (tertiary/aromatic N) is 3. The third-order valence-corrected chi connectivity index (χ3v) is 4.77. The fourth-order valence-corrected chi connectivity index (χ4v) is 3.07. The first-order valence-corrected chi connectivity index (χ1v) is 9.67. The van der Waals surface area contributed by atoms with Crippen molar-refractivity contribution < 1.29 is 9.53 Å². The van der Waals surface area contributed by atoms with Crippen molar-refractivity contribution in [1.82, 2.24) is 14.8 Å². The SMILES string of the molecule is COc1cccc(NC(=O)c2nc(-c3ccc(Cl)cc3)n(-c3ccc(C)cc3)n2)c1. The van der Waals surface area contributed by atoms with Crippen LogP contribution in [0.1, 0.15) is 16.2 Å². The molecule has 4 aromatic rings. The Morgan fingerprint density at radius 1 is 1.03 bits per heavy atom. The van der Waals surface area contributed by atoms with Crippen LogP contribution in [0.5, 0.6) is 5.75 Å². The molecule has 1 heterocycles. The predicted octanol–water partition coefficient (Wildman–Crippen LogP) is 5.16. The Balaban J connectivity index is 1.73. The maximum atomic E-state index is 12.8. The molecule has 0 aliphatic carbocycles. The highest BCUT2D eigenvalue weighted by Gasteiger charge is 2.19. The number of carbonyl (C=O) groups is 1. The lowest BCUT2D eigenvalue weighted by Crippen LogP contribution is -2.14. The number of benzene rings is 3. The molecular weight excluding hydrogens is 400 g/mol. The molecule has 4 rings (SSSR count). The molecule has 150 valence electrons. The maximum Gasteiger partial charge on any atom is 0.295 e. The van der Waals surface area contributed by atoms with Crippen LogP contribution in [0.3, 0.4) is 0 Å². The highest BCUT2D eigenvalue weighted by Crippen LogP contribution is 2.24. The summed E-state index contributed by atoms with van der Waals surface area (Å²) >= 11 is 6.03. The summed E-state index contributed by atoms with van der Waals surface area (Å²) in [4.78, 5) is 17.4. The third-order valence-electron chi connectivity index (χ3n) is 4.52. The molecule has 1 N–H and O–H groups in total. The number of methoxy groups -OCH3 is 1. The van der Waals surface area contributed by atoms with Crippen LogP contribution in [0.25, 0.3) is 17.1 Å². The van der Waals surface area contributed by atoms with Gasteiger partial charge in [-0.25, -0.2) is 9.67 Å². The molecule has 0 spiro atoms. The Bertz CT molecular complexity index is 1120. The topological polar surface area (TPSA) is 69.0 Å². The van der Waals surface area contributed by atoms with Gasteiger partial charge in [0.1, 0.15) is 5.75 Å². The molecule has 3 aromatic carbocycles. The third kappa shape index (κ3) is 4.18. The molecule has 0 radical (unpaired) electrons. The molecular formula is C23H19ClN4O2. The van der Waals surface area contributed by atoms with Gasteiger partial charge in [-0.05, 0) is 55.5 Å². The van der Waals surface area contributed by atoms with E-state index in [1.54, 1.807) is 48.2 Å². The summed E-state index contributed by atoms with van der Waals surface area (Å²) in [6, 6.07) is 22.2. The van der Waals surface area contributed by atoms with Crippen molar-refractivity contribution >= 4 is 23.2 Å². The van der Waals surface area contributed by atoms with Crippen LogP contribution in [-0.4, -0.2) is 27.8 Å². The number of anilines is 1. The Labute approximate surface area is 179 Å². The fraction of sp³-hybridized carbons (Fsp3) is 0.0870. The van der Waals surface area contributed by atoms with Gasteiger partial charge in [-0.2, -0.15) is 0 Å². The van der Waals surface area contributed by atoms with Gasteiger partial charge in [-0.3, -0.25) is 4.79 Å². The lowest BCUT2D eigenvalue weighted by Gasteiger charge is -2.06. The monoisotopic (exact) mass is 418 g/mol. The van der Waals surface area contributed by atoms with E-state index in [1.807, 2.05) is 43.3 Å². The standard InChI is InChI=1S/C23H19ClN4O2/c1-15-6-12-19(13-7-15)28-22(16-8-10-17(24)11-9-16)26-21(27-28)23(29)25-18-4-3-5-20(14-18)30-2/h3-14H,1-2H3,(H,25,29). The number of ether oxygens (including phenoxy) is 1. The number of nitrogens with one attached hydrogen (secondary N) is 1. The van der Waals surface area contributed by atoms with E-state index in [-0.39, 0.29) is 5.82 Å². The summed E-state index contributed by atoms with van der Waals surface area (Å²) < 4.78 is 6.86. The van der Waals surface area contributed by atoms with E-state index in [0.717, 1.165) is 16.8 Å². The van der Waals surface area contributed by atoms with Gasteiger partial charge in [0.25, 0.3) is 5.91 Å². The summed E-state index contributed by atoms with van der Waals surface area (Å²) in [5.74, 6) is 0.840. The van der Waals surface area contributed by atoms with Gasteiger partial charge < -0.3 is 10.1 Å². The Morgan fingerprint density at radius 3 is 2.47 bits per heavy atom. The van der Waals surface area contributed by atoms with Crippen LogP contribution in [0.4, 0.5) is 5.69 Å². The first-order chi connectivity index (χ1) is 14.5. The van der Waals surface area contributed by atoms with Gasteiger partial charge >= 0.3 is 0 Å². The quantitative estimate of drug-likeness (QED) is 0.486. The highest BCUT2D eigenvalue weighted by atomic mass is 35.5. The number of amides is 1. The summed E-state index contributed by atoms with van der Waals surface area (Å²) in [5.41, 5.74) is 3.33. The highest BCUT2D eigenvalue weighted by molar-refractivity contribution is 6.30. The average Bonchev–Trinajstić information content (AvgIpc) is 3.20. The van der Waals surface area contributed by atoms with Crippen LogP contribution in [0.2, 0.25) is 5.02 Å². The summed E-state index contributed by atoms with van der Waals surface area (Å²) in [5, 5.41) is 7.91. The van der Waals surface area contributed by atoms with Crippen molar-refractivity contribution in [3.63, 3.8) is 0 Å². The van der Waals surface area contributed by atoms with Gasteiger partial charge in [0, 0.05) is 22.3 Å². The number of aryl methyl sites for hydroxylation is 1. The second-order valence-electron chi connectivity index (χ2n) is 6.70. The van der Waals surface area contributed by atoms with E-state index in [1.165, 1.54) is 0 Å². The number of halogens is 1. The minimum absolute atomic E-state index is 0.0587. The number of carbonyl (C=O) groups excluding carboxylic acids is 1. The molecule has 0 unspecified atom stereocenters. The summed E-state index contributed by atoms with van der Waals surface area (Å²) in [7, 11) is 1.57. The lowest BCUT2D eigenvalue weighted by molar-refractivity contribution is 0.101. The molecule has 0 aliphatic heterocycles. The van der Waals surface area contributed by atoms with E-state index in [4.69, 9.17) is 16.3 Å². The second kappa shape index (κ2) is 8.39. The minimum Gasteiger partial charge on any atom is -0.497 e. The Hall–Kier alpha value is -3.64. The molecule has 7 heteroatoms. The number of hydrogen-bond acceptors (Lipinski definition) is 4. The fourth-order valence-electron chi connectivity index (χ4n) is 2.95. The molecule has 0 saturated heterocycles. The first kappa shape index (κ1) is 19.7. The van der Waals surface area contributed by atoms with E-state index in [9.17, 15) is 4.79 Å².